The smallest absolute Gasteiger partial charge is 0.319 e. The van der Waals surface area contributed by atoms with E-state index in [4.69, 9.17) is 4.74 Å². The van der Waals surface area contributed by atoms with Crippen LogP contribution in [0.15, 0.2) is 29.6 Å². The number of anilines is 1. The molecule has 0 saturated carbocycles. The lowest BCUT2D eigenvalue weighted by Gasteiger charge is -2.14. The van der Waals surface area contributed by atoms with Gasteiger partial charge in [-0.1, -0.05) is 20.8 Å². The summed E-state index contributed by atoms with van der Waals surface area (Å²) >= 11 is 1.64. The van der Waals surface area contributed by atoms with Gasteiger partial charge in [0.15, 0.2) is 0 Å². The highest BCUT2D eigenvalue weighted by Gasteiger charge is 2.17. The number of hydrogen-bond donors (Lipinski definition) is 2. The van der Waals surface area contributed by atoms with Gasteiger partial charge >= 0.3 is 6.03 Å². The molecular weight excluding hydrogens is 310 g/mol. The molecule has 0 aliphatic rings. The summed E-state index contributed by atoms with van der Waals surface area (Å²) in [5, 5.41) is 8.76. The van der Waals surface area contributed by atoms with Gasteiger partial charge in [-0.2, -0.15) is 0 Å². The summed E-state index contributed by atoms with van der Waals surface area (Å²) in [5.74, 6) is 0.759. The number of aromatic nitrogens is 1. The van der Waals surface area contributed by atoms with Crippen LogP contribution in [0, 0.1) is 0 Å². The van der Waals surface area contributed by atoms with Gasteiger partial charge in [0, 0.05) is 29.4 Å². The molecule has 0 radical (unpaired) electrons. The van der Waals surface area contributed by atoms with E-state index < -0.39 is 0 Å². The summed E-state index contributed by atoms with van der Waals surface area (Å²) in [4.78, 5) is 16.5. The molecule has 1 aromatic heterocycles. The third-order valence-electron chi connectivity index (χ3n) is 3.29. The Balaban J connectivity index is 1.77. The average molecular weight is 333 g/mol. The molecule has 0 spiro atoms. The Bertz CT molecular complexity index is 645. The lowest BCUT2D eigenvalue weighted by atomic mass is 9.93. The summed E-state index contributed by atoms with van der Waals surface area (Å²) in [5.41, 5.74) is 1.89. The first-order valence-corrected chi connectivity index (χ1v) is 8.40. The Kier molecular flexibility index (Phi) is 5.60. The first kappa shape index (κ1) is 17.3. The molecule has 0 unspecified atom stereocenters. The number of thiazole rings is 1. The van der Waals surface area contributed by atoms with Gasteiger partial charge in [0.25, 0.3) is 0 Å². The number of ether oxygens (including phenoxy) is 1. The van der Waals surface area contributed by atoms with Crippen LogP contribution in [-0.4, -0.2) is 24.7 Å². The SMILES string of the molecule is COc1ccc(NC(=O)NCCc2nc(C(C)(C)C)cs2)cc1. The quantitative estimate of drug-likeness (QED) is 0.874. The number of methoxy groups -OCH3 is 1. The van der Waals surface area contributed by atoms with Crippen LogP contribution in [0.2, 0.25) is 0 Å². The number of nitrogens with zero attached hydrogens (tertiary/aromatic N) is 1. The molecule has 0 bridgehead atoms. The highest BCUT2D eigenvalue weighted by atomic mass is 32.1. The zero-order valence-corrected chi connectivity index (χ0v) is 14.8. The van der Waals surface area contributed by atoms with Crippen molar-refractivity contribution >= 4 is 23.1 Å². The Morgan fingerprint density at radius 1 is 1.26 bits per heavy atom. The fourth-order valence-electron chi connectivity index (χ4n) is 1.90. The van der Waals surface area contributed by atoms with Crippen LogP contribution in [0.4, 0.5) is 10.5 Å². The standard InChI is InChI=1S/C17H23N3O2S/c1-17(2,3)14-11-23-15(20-14)9-10-18-16(21)19-12-5-7-13(22-4)8-6-12/h5-8,11H,9-10H2,1-4H3,(H2,18,19,21). The monoisotopic (exact) mass is 333 g/mol. The van der Waals surface area contributed by atoms with E-state index in [1.165, 1.54) is 0 Å². The van der Waals surface area contributed by atoms with Crippen molar-refractivity contribution in [3.8, 4) is 5.75 Å². The third-order valence-corrected chi connectivity index (χ3v) is 4.20. The molecular formula is C17H23N3O2S. The van der Waals surface area contributed by atoms with Crippen LogP contribution in [0.3, 0.4) is 0 Å². The number of benzene rings is 1. The molecule has 6 heteroatoms. The number of hydrogen-bond acceptors (Lipinski definition) is 4. The lowest BCUT2D eigenvalue weighted by molar-refractivity contribution is 0.252. The molecule has 0 saturated heterocycles. The second-order valence-electron chi connectivity index (χ2n) is 6.24. The average Bonchev–Trinajstić information content (AvgIpc) is 2.97. The van der Waals surface area contributed by atoms with Crippen LogP contribution in [0.25, 0.3) is 0 Å². The molecule has 0 atom stereocenters. The van der Waals surface area contributed by atoms with Gasteiger partial charge in [0.1, 0.15) is 5.75 Å². The predicted molar refractivity (Wildman–Crippen MR) is 94.5 cm³/mol. The second-order valence-corrected chi connectivity index (χ2v) is 7.18. The number of carbonyl (C=O) groups excluding carboxylic acids is 1. The van der Waals surface area contributed by atoms with Crippen LogP contribution >= 0.6 is 11.3 Å². The maximum absolute atomic E-state index is 11.9. The molecule has 5 nitrogen and oxygen atoms in total. The van der Waals surface area contributed by atoms with Gasteiger partial charge in [-0.3, -0.25) is 0 Å². The molecule has 23 heavy (non-hydrogen) atoms. The largest absolute Gasteiger partial charge is 0.497 e. The summed E-state index contributed by atoms with van der Waals surface area (Å²) < 4.78 is 5.08. The lowest BCUT2D eigenvalue weighted by Crippen LogP contribution is -2.30. The van der Waals surface area contributed by atoms with E-state index in [9.17, 15) is 4.79 Å². The van der Waals surface area contributed by atoms with Gasteiger partial charge < -0.3 is 15.4 Å². The minimum absolute atomic E-state index is 0.0634. The Labute approximate surface area is 141 Å². The highest BCUT2D eigenvalue weighted by molar-refractivity contribution is 7.09. The normalized spacial score (nSPS) is 11.1. The van der Waals surface area contributed by atoms with Crippen molar-refractivity contribution < 1.29 is 9.53 Å². The van der Waals surface area contributed by atoms with Crippen LogP contribution < -0.4 is 15.4 Å². The maximum Gasteiger partial charge on any atom is 0.319 e. The molecule has 1 heterocycles. The molecule has 0 fully saturated rings. The van der Waals surface area contributed by atoms with Gasteiger partial charge in [0.05, 0.1) is 17.8 Å². The van der Waals surface area contributed by atoms with Crippen LogP contribution in [0.5, 0.6) is 5.75 Å². The summed E-state index contributed by atoms with van der Waals surface area (Å²) in [6.07, 6.45) is 0.733. The van der Waals surface area contributed by atoms with Gasteiger partial charge in [0.2, 0.25) is 0 Å². The van der Waals surface area contributed by atoms with E-state index in [1.807, 2.05) is 0 Å². The predicted octanol–water partition coefficient (Wildman–Crippen LogP) is 3.81. The van der Waals surface area contributed by atoms with Gasteiger partial charge in [-0.15, -0.1) is 11.3 Å². The number of nitrogens with one attached hydrogen (secondary N) is 2. The highest BCUT2D eigenvalue weighted by Crippen LogP contribution is 2.23. The minimum Gasteiger partial charge on any atom is -0.497 e. The van der Waals surface area contributed by atoms with Crippen LogP contribution in [-0.2, 0) is 11.8 Å². The topological polar surface area (TPSA) is 63.2 Å². The molecule has 2 aromatic rings. The fourth-order valence-corrected chi connectivity index (χ4v) is 2.93. The van der Waals surface area contributed by atoms with Crippen molar-refractivity contribution in [3.63, 3.8) is 0 Å². The van der Waals surface area contributed by atoms with Crippen molar-refractivity contribution in [3.05, 3.63) is 40.3 Å². The molecule has 124 valence electrons. The van der Waals surface area contributed by atoms with Crippen molar-refractivity contribution in [2.45, 2.75) is 32.6 Å². The third kappa shape index (κ3) is 5.25. The molecule has 1 aromatic carbocycles. The van der Waals surface area contributed by atoms with E-state index in [-0.39, 0.29) is 11.4 Å². The summed E-state index contributed by atoms with van der Waals surface area (Å²) in [6.45, 7) is 6.99. The van der Waals surface area contributed by atoms with E-state index in [2.05, 4.69) is 41.8 Å². The first-order valence-electron chi connectivity index (χ1n) is 7.52. The first-order chi connectivity index (χ1) is 10.9. The van der Waals surface area contributed by atoms with Crippen molar-refractivity contribution in [1.82, 2.24) is 10.3 Å². The second kappa shape index (κ2) is 7.46. The Morgan fingerprint density at radius 2 is 1.96 bits per heavy atom. The molecule has 0 aliphatic carbocycles. The van der Waals surface area contributed by atoms with E-state index in [0.717, 1.165) is 28.6 Å². The van der Waals surface area contributed by atoms with E-state index in [1.54, 1.807) is 42.7 Å². The van der Waals surface area contributed by atoms with Gasteiger partial charge in [-0.25, -0.2) is 9.78 Å². The molecule has 0 aliphatic heterocycles. The molecule has 2 amide bonds. The Hall–Kier alpha value is -2.08. The van der Waals surface area contributed by atoms with Crippen molar-refractivity contribution in [2.75, 3.05) is 19.0 Å². The number of carbonyl (C=O) groups is 1. The van der Waals surface area contributed by atoms with Crippen molar-refractivity contribution in [2.24, 2.45) is 0 Å². The number of amides is 2. The summed E-state index contributed by atoms with van der Waals surface area (Å²) in [6, 6.07) is 6.99. The molecule has 2 N–H and O–H groups in total. The maximum atomic E-state index is 11.9. The van der Waals surface area contributed by atoms with Gasteiger partial charge in [-0.05, 0) is 24.3 Å². The fraction of sp³-hybridized carbons (Fsp3) is 0.412. The number of urea groups is 1. The number of rotatable bonds is 5. The van der Waals surface area contributed by atoms with E-state index in [0.29, 0.717) is 6.54 Å². The summed E-state index contributed by atoms with van der Waals surface area (Å²) in [7, 11) is 1.61. The molecule has 2 rings (SSSR count). The Morgan fingerprint density at radius 3 is 2.52 bits per heavy atom. The zero-order chi connectivity index (χ0) is 16.9. The van der Waals surface area contributed by atoms with Crippen LogP contribution in [0.1, 0.15) is 31.5 Å². The van der Waals surface area contributed by atoms with Crippen molar-refractivity contribution in [1.29, 1.82) is 0 Å². The minimum atomic E-state index is -0.220. The van der Waals surface area contributed by atoms with E-state index >= 15 is 0 Å². The zero-order valence-electron chi connectivity index (χ0n) is 14.0.